The van der Waals surface area contributed by atoms with Crippen LogP contribution in [0.25, 0.3) is 11.4 Å². The minimum Gasteiger partial charge on any atom is -0.338 e. The van der Waals surface area contributed by atoms with Gasteiger partial charge in [0, 0.05) is 11.3 Å². The molecule has 0 unspecified atom stereocenters. The smallest absolute Gasteiger partial charge is 0.234 e. The second-order valence-electron chi connectivity index (χ2n) is 5.54. The third-order valence-electron chi connectivity index (χ3n) is 3.56. The Hall–Kier alpha value is -2.67. The Morgan fingerprint density at radius 2 is 1.71 bits per heavy atom. The number of aromatic nitrogens is 2. The van der Waals surface area contributed by atoms with Gasteiger partial charge in [-0.15, -0.1) is 0 Å². The van der Waals surface area contributed by atoms with E-state index >= 15 is 0 Å². The highest BCUT2D eigenvalue weighted by Gasteiger charge is 2.16. The van der Waals surface area contributed by atoms with Gasteiger partial charge in [-0.05, 0) is 36.8 Å². The van der Waals surface area contributed by atoms with E-state index in [2.05, 4.69) is 14.9 Å². The molecule has 124 valence electrons. The van der Waals surface area contributed by atoms with Crippen LogP contribution in [0.3, 0.4) is 0 Å². The molecule has 2 aromatic carbocycles. The van der Waals surface area contributed by atoms with Crippen LogP contribution < -0.4 is 4.72 Å². The van der Waals surface area contributed by atoms with Crippen molar-refractivity contribution in [2.45, 2.75) is 12.8 Å². The Morgan fingerprint density at radius 3 is 2.33 bits per heavy atom. The Morgan fingerprint density at radius 1 is 1.04 bits per heavy atom. The van der Waals surface area contributed by atoms with Gasteiger partial charge >= 0.3 is 0 Å². The van der Waals surface area contributed by atoms with E-state index in [-0.39, 0.29) is 5.92 Å². The van der Waals surface area contributed by atoms with Crippen molar-refractivity contribution in [2.75, 3.05) is 11.0 Å². The van der Waals surface area contributed by atoms with Crippen molar-refractivity contribution in [3.05, 3.63) is 66.1 Å². The van der Waals surface area contributed by atoms with E-state index in [1.54, 1.807) is 24.3 Å². The van der Waals surface area contributed by atoms with Crippen LogP contribution >= 0.6 is 0 Å². The number of nitrogens with zero attached hydrogens (tertiary/aromatic N) is 2. The molecule has 0 aliphatic rings. The summed E-state index contributed by atoms with van der Waals surface area (Å²) >= 11 is 0. The van der Waals surface area contributed by atoms with Crippen molar-refractivity contribution in [1.82, 2.24) is 10.1 Å². The molecule has 0 spiro atoms. The highest BCUT2D eigenvalue weighted by atomic mass is 32.2. The van der Waals surface area contributed by atoms with Crippen molar-refractivity contribution in [2.24, 2.45) is 0 Å². The van der Waals surface area contributed by atoms with Gasteiger partial charge in [-0.1, -0.05) is 35.5 Å². The lowest BCUT2D eigenvalue weighted by Gasteiger charge is -2.05. The van der Waals surface area contributed by atoms with E-state index in [1.807, 2.05) is 37.3 Å². The minimum absolute atomic E-state index is 0.00127. The molecule has 1 atom stereocenters. The molecule has 1 heterocycles. The summed E-state index contributed by atoms with van der Waals surface area (Å²) in [4.78, 5) is 4.44. The Labute approximate surface area is 140 Å². The molecular weight excluding hydrogens is 326 g/mol. The summed E-state index contributed by atoms with van der Waals surface area (Å²) in [6.45, 7) is 2.01. The number of rotatable bonds is 5. The fraction of sp³-hybridized carbons (Fsp3) is 0.176. The SMILES string of the molecule is C[C@@H](c1ccccc1)c1nc(-c2ccc(NS(C)(=O)=O)cc2)no1. The van der Waals surface area contributed by atoms with E-state index in [0.29, 0.717) is 17.4 Å². The summed E-state index contributed by atoms with van der Waals surface area (Å²) < 4.78 is 30.2. The van der Waals surface area contributed by atoms with Crippen LogP contribution in [0.5, 0.6) is 0 Å². The zero-order chi connectivity index (χ0) is 17.2. The molecular formula is C17H17N3O3S. The first-order valence-corrected chi connectivity index (χ1v) is 9.28. The van der Waals surface area contributed by atoms with Crippen molar-refractivity contribution in [3.8, 4) is 11.4 Å². The largest absolute Gasteiger partial charge is 0.338 e. The maximum atomic E-state index is 11.2. The number of anilines is 1. The van der Waals surface area contributed by atoms with Crippen molar-refractivity contribution in [1.29, 1.82) is 0 Å². The summed E-state index contributed by atoms with van der Waals surface area (Å²) in [5, 5.41) is 4.01. The first-order chi connectivity index (χ1) is 11.4. The summed E-state index contributed by atoms with van der Waals surface area (Å²) in [5.74, 6) is 1.01. The molecule has 1 aromatic heterocycles. The van der Waals surface area contributed by atoms with Crippen LogP contribution in [0, 0.1) is 0 Å². The van der Waals surface area contributed by atoms with Gasteiger partial charge in [-0.25, -0.2) is 8.42 Å². The maximum Gasteiger partial charge on any atom is 0.234 e. The summed E-state index contributed by atoms with van der Waals surface area (Å²) in [6.07, 6.45) is 1.11. The lowest BCUT2D eigenvalue weighted by Crippen LogP contribution is -2.09. The van der Waals surface area contributed by atoms with Crippen molar-refractivity contribution >= 4 is 15.7 Å². The fourth-order valence-corrected chi connectivity index (χ4v) is 2.88. The van der Waals surface area contributed by atoms with E-state index in [4.69, 9.17) is 4.52 Å². The van der Waals surface area contributed by atoms with E-state index in [1.165, 1.54) is 0 Å². The van der Waals surface area contributed by atoms with Gasteiger partial charge < -0.3 is 4.52 Å². The average Bonchev–Trinajstić information content (AvgIpc) is 3.04. The van der Waals surface area contributed by atoms with Gasteiger partial charge in [-0.3, -0.25) is 4.72 Å². The molecule has 1 N–H and O–H groups in total. The first kappa shape index (κ1) is 16.2. The van der Waals surface area contributed by atoms with Crippen molar-refractivity contribution in [3.63, 3.8) is 0 Å². The third kappa shape index (κ3) is 3.80. The van der Waals surface area contributed by atoms with Crippen LogP contribution in [0.4, 0.5) is 5.69 Å². The Balaban J connectivity index is 1.80. The zero-order valence-corrected chi connectivity index (χ0v) is 14.1. The zero-order valence-electron chi connectivity index (χ0n) is 13.3. The summed E-state index contributed by atoms with van der Waals surface area (Å²) in [5.41, 5.74) is 2.34. The van der Waals surface area contributed by atoms with Gasteiger partial charge in [0.15, 0.2) is 0 Å². The summed E-state index contributed by atoms with van der Waals surface area (Å²) in [7, 11) is -3.29. The molecule has 0 bridgehead atoms. The standard InChI is InChI=1S/C17H17N3O3S/c1-12(13-6-4-3-5-7-13)17-18-16(19-23-17)14-8-10-15(11-9-14)20-24(2,21)22/h3-12,20H,1-2H3/t12-/m0/s1. The normalized spacial score (nSPS) is 12.8. The predicted octanol–water partition coefficient (Wildman–Crippen LogP) is 3.26. The Bertz CT molecular complexity index is 919. The highest BCUT2D eigenvalue weighted by molar-refractivity contribution is 7.92. The van der Waals surface area contributed by atoms with E-state index in [9.17, 15) is 8.42 Å². The lowest BCUT2D eigenvalue weighted by molar-refractivity contribution is 0.371. The van der Waals surface area contributed by atoms with Gasteiger partial charge in [0.25, 0.3) is 0 Å². The molecule has 0 aliphatic carbocycles. The van der Waals surface area contributed by atoms with Gasteiger partial charge in [0.1, 0.15) is 0 Å². The third-order valence-corrected chi connectivity index (χ3v) is 4.16. The fourth-order valence-electron chi connectivity index (χ4n) is 2.31. The second-order valence-corrected chi connectivity index (χ2v) is 7.29. The van der Waals surface area contributed by atoms with Crippen LogP contribution in [-0.2, 0) is 10.0 Å². The second kappa shape index (κ2) is 6.45. The highest BCUT2D eigenvalue weighted by Crippen LogP contribution is 2.25. The average molecular weight is 343 g/mol. The molecule has 7 heteroatoms. The molecule has 0 saturated heterocycles. The van der Waals surface area contributed by atoms with Gasteiger partial charge in [0.2, 0.25) is 21.7 Å². The van der Waals surface area contributed by atoms with E-state index in [0.717, 1.165) is 17.4 Å². The predicted molar refractivity (Wildman–Crippen MR) is 92.2 cm³/mol. The minimum atomic E-state index is -3.29. The van der Waals surface area contributed by atoms with Crippen LogP contribution in [0.2, 0.25) is 0 Å². The number of hydrogen-bond acceptors (Lipinski definition) is 5. The quantitative estimate of drug-likeness (QED) is 0.768. The van der Waals surface area contributed by atoms with Crippen molar-refractivity contribution < 1.29 is 12.9 Å². The molecule has 0 amide bonds. The Kier molecular flexibility index (Phi) is 4.35. The van der Waals surface area contributed by atoms with Crippen LogP contribution in [-0.4, -0.2) is 24.8 Å². The molecule has 3 rings (SSSR count). The van der Waals surface area contributed by atoms with Gasteiger partial charge in [-0.2, -0.15) is 4.98 Å². The van der Waals surface area contributed by atoms with E-state index < -0.39 is 10.0 Å². The lowest BCUT2D eigenvalue weighted by atomic mass is 10.0. The molecule has 24 heavy (non-hydrogen) atoms. The van der Waals surface area contributed by atoms with Gasteiger partial charge in [0.05, 0.1) is 12.2 Å². The van der Waals surface area contributed by atoms with Crippen LogP contribution in [0.1, 0.15) is 24.3 Å². The molecule has 0 aliphatic heterocycles. The molecule has 0 radical (unpaired) electrons. The monoisotopic (exact) mass is 343 g/mol. The number of nitrogens with one attached hydrogen (secondary N) is 1. The molecule has 0 saturated carbocycles. The first-order valence-electron chi connectivity index (χ1n) is 7.39. The number of benzene rings is 2. The molecule has 3 aromatic rings. The summed E-state index contributed by atoms with van der Waals surface area (Å²) in [6, 6.07) is 16.7. The number of hydrogen-bond donors (Lipinski definition) is 1. The number of sulfonamides is 1. The van der Waals surface area contributed by atoms with Crippen LogP contribution in [0.15, 0.2) is 59.1 Å². The molecule has 6 nitrogen and oxygen atoms in total. The topological polar surface area (TPSA) is 85.1 Å². The maximum absolute atomic E-state index is 11.2. The molecule has 0 fully saturated rings.